The van der Waals surface area contributed by atoms with E-state index in [9.17, 15) is 4.79 Å². The third-order valence-electron chi connectivity index (χ3n) is 2.94. The third-order valence-corrected chi connectivity index (χ3v) is 3.81. The second-order valence-electron chi connectivity index (χ2n) is 3.70. The zero-order chi connectivity index (χ0) is 12.4. The molecule has 0 saturated heterocycles. The van der Waals surface area contributed by atoms with Gasteiger partial charge >= 0.3 is 0 Å². The Kier molecular flexibility index (Phi) is 8.14. The SMILES string of the molecule is C#CCSCCNC(=O)C(CC)(CC)CN. The van der Waals surface area contributed by atoms with E-state index in [4.69, 9.17) is 12.2 Å². The second-order valence-corrected chi connectivity index (χ2v) is 4.81. The first-order chi connectivity index (χ1) is 7.66. The van der Waals surface area contributed by atoms with Gasteiger partial charge in [-0.1, -0.05) is 19.8 Å². The average molecular weight is 242 g/mol. The molecule has 3 N–H and O–H groups in total. The molecule has 0 radical (unpaired) electrons. The predicted octanol–water partition coefficient (Wildman–Crippen LogP) is 1.23. The molecule has 16 heavy (non-hydrogen) atoms. The lowest BCUT2D eigenvalue weighted by Crippen LogP contribution is -2.45. The summed E-state index contributed by atoms with van der Waals surface area (Å²) in [6.45, 7) is 5.07. The maximum atomic E-state index is 12.0. The van der Waals surface area contributed by atoms with Crippen LogP contribution in [-0.4, -0.2) is 30.5 Å². The van der Waals surface area contributed by atoms with Crippen LogP contribution in [0.4, 0.5) is 0 Å². The van der Waals surface area contributed by atoms with E-state index in [2.05, 4.69) is 11.2 Å². The Hall–Kier alpha value is -0.660. The van der Waals surface area contributed by atoms with Crippen LogP contribution >= 0.6 is 11.8 Å². The van der Waals surface area contributed by atoms with Crippen LogP contribution in [0.25, 0.3) is 0 Å². The summed E-state index contributed by atoms with van der Waals surface area (Å²) in [6.07, 6.45) is 6.69. The number of thioether (sulfide) groups is 1. The lowest BCUT2D eigenvalue weighted by atomic mass is 9.81. The number of nitrogens with two attached hydrogens (primary N) is 1. The van der Waals surface area contributed by atoms with Crippen molar-refractivity contribution in [2.24, 2.45) is 11.1 Å². The minimum Gasteiger partial charge on any atom is -0.355 e. The molecule has 1 amide bonds. The molecule has 0 fully saturated rings. The maximum absolute atomic E-state index is 12.0. The summed E-state index contributed by atoms with van der Waals surface area (Å²) in [4.78, 5) is 12.0. The predicted molar refractivity (Wildman–Crippen MR) is 71.2 cm³/mol. The van der Waals surface area contributed by atoms with E-state index in [-0.39, 0.29) is 5.91 Å². The van der Waals surface area contributed by atoms with Crippen molar-refractivity contribution in [3.05, 3.63) is 0 Å². The van der Waals surface area contributed by atoms with Crippen LogP contribution in [0, 0.1) is 17.8 Å². The number of carbonyl (C=O) groups excluding carboxylic acids is 1. The Morgan fingerprint density at radius 2 is 2.12 bits per heavy atom. The van der Waals surface area contributed by atoms with Crippen LogP contribution in [0.2, 0.25) is 0 Å². The van der Waals surface area contributed by atoms with Crippen molar-refractivity contribution >= 4 is 17.7 Å². The molecule has 0 aliphatic carbocycles. The van der Waals surface area contributed by atoms with Crippen LogP contribution < -0.4 is 11.1 Å². The van der Waals surface area contributed by atoms with E-state index in [1.165, 1.54) is 0 Å². The summed E-state index contributed by atoms with van der Waals surface area (Å²) in [7, 11) is 0. The number of carbonyl (C=O) groups is 1. The molecule has 0 heterocycles. The Bertz CT molecular complexity index is 236. The molecule has 0 bridgehead atoms. The summed E-state index contributed by atoms with van der Waals surface area (Å²) in [5.41, 5.74) is 5.30. The molecule has 0 aliphatic rings. The van der Waals surface area contributed by atoms with E-state index >= 15 is 0 Å². The van der Waals surface area contributed by atoms with Crippen molar-refractivity contribution in [2.45, 2.75) is 26.7 Å². The summed E-state index contributed by atoms with van der Waals surface area (Å²) < 4.78 is 0. The number of hydrogen-bond acceptors (Lipinski definition) is 3. The van der Waals surface area contributed by atoms with Gasteiger partial charge in [0.15, 0.2) is 0 Å². The van der Waals surface area contributed by atoms with E-state index in [0.717, 1.165) is 18.6 Å². The first kappa shape index (κ1) is 15.3. The van der Waals surface area contributed by atoms with Crippen LogP contribution in [0.5, 0.6) is 0 Å². The van der Waals surface area contributed by atoms with Crippen molar-refractivity contribution in [3.63, 3.8) is 0 Å². The quantitative estimate of drug-likeness (QED) is 0.497. The molecule has 0 saturated carbocycles. The fourth-order valence-electron chi connectivity index (χ4n) is 1.51. The lowest BCUT2D eigenvalue weighted by Gasteiger charge is -2.28. The van der Waals surface area contributed by atoms with Gasteiger partial charge in [-0.3, -0.25) is 4.79 Å². The van der Waals surface area contributed by atoms with Crippen molar-refractivity contribution in [2.75, 3.05) is 24.6 Å². The molecule has 0 aromatic heterocycles. The molecule has 0 spiro atoms. The van der Waals surface area contributed by atoms with E-state index in [1.54, 1.807) is 11.8 Å². The molecular formula is C12H22N2OS. The zero-order valence-electron chi connectivity index (χ0n) is 10.2. The number of nitrogens with one attached hydrogen (secondary N) is 1. The maximum Gasteiger partial charge on any atom is 0.227 e. The lowest BCUT2D eigenvalue weighted by molar-refractivity contribution is -0.130. The highest BCUT2D eigenvalue weighted by atomic mass is 32.2. The standard InChI is InChI=1S/C12H22N2OS/c1-4-8-16-9-7-14-11(15)12(5-2,6-3)10-13/h1H,5-10,13H2,2-3H3,(H,14,15). The van der Waals surface area contributed by atoms with E-state index in [1.807, 2.05) is 13.8 Å². The number of rotatable bonds is 8. The van der Waals surface area contributed by atoms with Crippen molar-refractivity contribution in [1.82, 2.24) is 5.32 Å². The van der Waals surface area contributed by atoms with Crippen LogP contribution in [-0.2, 0) is 4.79 Å². The van der Waals surface area contributed by atoms with Crippen molar-refractivity contribution < 1.29 is 4.79 Å². The minimum absolute atomic E-state index is 0.0707. The Labute approximate surface area is 103 Å². The Morgan fingerprint density at radius 3 is 2.56 bits per heavy atom. The van der Waals surface area contributed by atoms with Gasteiger partial charge < -0.3 is 11.1 Å². The summed E-state index contributed by atoms with van der Waals surface area (Å²) >= 11 is 1.65. The number of terminal acetylenes is 1. The molecule has 0 rings (SSSR count). The van der Waals surface area contributed by atoms with Crippen LogP contribution in [0.15, 0.2) is 0 Å². The molecule has 0 aromatic rings. The van der Waals surface area contributed by atoms with Crippen molar-refractivity contribution in [3.8, 4) is 12.3 Å². The first-order valence-electron chi connectivity index (χ1n) is 5.66. The molecule has 0 aliphatic heterocycles. The van der Waals surface area contributed by atoms with Gasteiger partial charge in [0.1, 0.15) is 0 Å². The second kappa shape index (κ2) is 8.49. The Balaban J connectivity index is 3.99. The molecule has 0 unspecified atom stereocenters. The fourth-order valence-corrected chi connectivity index (χ4v) is 2.02. The number of hydrogen-bond donors (Lipinski definition) is 2. The van der Waals surface area contributed by atoms with Gasteiger partial charge in [-0.05, 0) is 12.8 Å². The van der Waals surface area contributed by atoms with E-state index in [0.29, 0.717) is 18.8 Å². The highest BCUT2D eigenvalue weighted by molar-refractivity contribution is 7.99. The summed E-state index contributed by atoms with van der Waals surface area (Å²) in [5, 5.41) is 2.93. The van der Waals surface area contributed by atoms with Gasteiger partial charge in [0.25, 0.3) is 0 Å². The minimum atomic E-state index is -0.392. The van der Waals surface area contributed by atoms with Crippen LogP contribution in [0.3, 0.4) is 0 Å². The van der Waals surface area contributed by atoms with Gasteiger partial charge in [0, 0.05) is 18.8 Å². The van der Waals surface area contributed by atoms with Gasteiger partial charge in [-0.25, -0.2) is 0 Å². The summed E-state index contributed by atoms with van der Waals surface area (Å²) in [6, 6.07) is 0. The van der Waals surface area contributed by atoms with Gasteiger partial charge in [0.05, 0.1) is 11.2 Å². The highest BCUT2D eigenvalue weighted by Gasteiger charge is 2.32. The molecule has 0 atom stereocenters. The smallest absolute Gasteiger partial charge is 0.227 e. The van der Waals surface area contributed by atoms with Gasteiger partial charge in [-0.2, -0.15) is 0 Å². The molecule has 3 nitrogen and oxygen atoms in total. The molecule has 92 valence electrons. The topological polar surface area (TPSA) is 55.1 Å². The highest BCUT2D eigenvalue weighted by Crippen LogP contribution is 2.24. The normalized spacial score (nSPS) is 10.9. The molecular weight excluding hydrogens is 220 g/mol. The average Bonchev–Trinajstić information content (AvgIpc) is 2.32. The van der Waals surface area contributed by atoms with Gasteiger partial charge in [-0.15, -0.1) is 18.2 Å². The van der Waals surface area contributed by atoms with E-state index < -0.39 is 5.41 Å². The van der Waals surface area contributed by atoms with Crippen molar-refractivity contribution in [1.29, 1.82) is 0 Å². The first-order valence-corrected chi connectivity index (χ1v) is 6.82. The number of amides is 1. The summed E-state index contributed by atoms with van der Waals surface area (Å²) in [5.74, 6) is 4.17. The monoisotopic (exact) mass is 242 g/mol. The molecule has 4 heteroatoms. The zero-order valence-corrected chi connectivity index (χ0v) is 11.0. The largest absolute Gasteiger partial charge is 0.355 e. The molecule has 0 aromatic carbocycles. The van der Waals surface area contributed by atoms with Crippen LogP contribution in [0.1, 0.15) is 26.7 Å². The third kappa shape index (κ3) is 4.46. The Morgan fingerprint density at radius 1 is 1.50 bits per heavy atom. The fraction of sp³-hybridized carbons (Fsp3) is 0.750. The van der Waals surface area contributed by atoms with Gasteiger partial charge in [0.2, 0.25) is 5.91 Å².